The van der Waals surface area contributed by atoms with E-state index in [9.17, 15) is 0 Å². The summed E-state index contributed by atoms with van der Waals surface area (Å²) in [6, 6.07) is 16.5. The van der Waals surface area contributed by atoms with Crippen LogP contribution in [-0.4, -0.2) is 14.8 Å². The summed E-state index contributed by atoms with van der Waals surface area (Å²) < 4.78 is 7.94. The minimum atomic E-state index is 0.384. The molecule has 0 unspecified atom stereocenters. The first-order valence-electron chi connectivity index (χ1n) is 8.56. The largest absolute Gasteiger partial charge is 0.486 e. The Balaban J connectivity index is 1.70. The Hall–Kier alpha value is -2.53. The predicted molar refractivity (Wildman–Crippen MR) is 106 cm³/mol. The minimum Gasteiger partial charge on any atom is -0.486 e. The molecule has 0 fully saturated rings. The minimum absolute atomic E-state index is 0.384. The van der Waals surface area contributed by atoms with E-state index >= 15 is 0 Å². The molecule has 26 heavy (non-hydrogen) atoms. The van der Waals surface area contributed by atoms with Crippen LogP contribution in [0.1, 0.15) is 22.5 Å². The van der Waals surface area contributed by atoms with Gasteiger partial charge in [-0.1, -0.05) is 59.8 Å². The summed E-state index contributed by atoms with van der Waals surface area (Å²) in [6.45, 7) is 9.05. The van der Waals surface area contributed by atoms with Crippen molar-refractivity contribution in [3.63, 3.8) is 0 Å². The van der Waals surface area contributed by atoms with Crippen LogP contribution in [0.15, 0.2) is 66.3 Å². The van der Waals surface area contributed by atoms with Gasteiger partial charge in [0.15, 0.2) is 11.0 Å². The first-order valence-corrected chi connectivity index (χ1v) is 9.55. The topological polar surface area (TPSA) is 39.9 Å². The zero-order valence-electron chi connectivity index (χ0n) is 15.2. The number of hydrogen-bond donors (Lipinski definition) is 0. The van der Waals surface area contributed by atoms with Gasteiger partial charge in [-0.3, -0.25) is 4.57 Å². The molecule has 0 N–H and O–H groups in total. The fourth-order valence-electron chi connectivity index (χ4n) is 2.65. The third-order valence-electron chi connectivity index (χ3n) is 3.91. The van der Waals surface area contributed by atoms with Gasteiger partial charge in [0.25, 0.3) is 0 Å². The SMILES string of the molecule is C=CCn1c(COc2cccc(C)c2)nnc1SCc1cccc(C)c1. The Bertz CT molecular complexity index is 821. The Morgan fingerprint density at radius 1 is 1.08 bits per heavy atom. The third kappa shape index (κ3) is 4.76. The van der Waals surface area contributed by atoms with E-state index in [1.807, 2.05) is 37.3 Å². The molecule has 0 atom stereocenters. The molecule has 2 aromatic carbocycles. The first-order chi connectivity index (χ1) is 12.7. The average molecular weight is 366 g/mol. The van der Waals surface area contributed by atoms with E-state index in [0.717, 1.165) is 22.5 Å². The van der Waals surface area contributed by atoms with Crippen LogP contribution in [-0.2, 0) is 18.9 Å². The molecule has 1 heterocycles. The van der Waals surface area contributed by atoms with Crippen LogP contribution in [0.5, 0.6) is 5.75 Å². The van der Waals surface area contributed by atoms with Gasteiger partial charge in [0.1, 0.15) is 12.4 Å². The fourth-order valence-corrected chi connectivity index (χ4v) is 3.56. The second-order valence-electron chi connectivity index (χ2n) is 6.18. The summed E-state index contributed by atoms with van der Waals surface area (Å²) >= 11 is 1.68. The van der Waals surface area contributed by atoms with Crippen LogP contribution in [0, 0.1) is 13.8 Å². The van der Waals surface area contributed by atoms with Crippen molar-refractivity contribution in [3.8, 4) is 5.75 Å². The molecule has 3 aromatic rings. The smallest absolute Gasteiger partial charge is 0.191 e. The van der Waals surface area contributed by atoms with Crippen molar-refractivity contribution in [1.29, 1.82) is 0 Å². The molecule has 1 aromatic heterocycles. The highest BCUT2D eigenvalue weighted by Crippen LogP contribution is 2.23. The van der Waals surface area contributed by atoms with Crippen molar-refractivity contribution < 1.29 is 4.74 Å². The van der Waals surface area contributed by atoms with Crippen LogP contribution >= 0.6 is 11.8 Å². The quantitative estimate of drug-likeness (QED) is 0.418. The van der Waals surface area contributed by atoms with Gasteiger partial charge in [-0.15, -0.1) is 16.8 Å². The number of aromatic nitrogens is 3. The number of thioether (sulfide) groups is 1. The fraction of sp³-hybridized carbons (Fsp3) is 0.238. The van der Waals surface area contributed by atoms with Crippen molar-refractivity contribution in [1.82, 2.24) is 14.8 Å². The molecule has 0 aliphatic carbocycles. The zero-order chi connectivity index (χ0) is 18.4. The summed E-state index contributed by atoms with van der Waals surface area (Å²) in [4.78, 5) is 0. The normalized spacial score (nSPS) is 10.7. The first kappa shape index (κ1) is 18.3. The molecule has 3 rings (SSSR count). The molecular weight excluding hydrogens is 342 g/mol. The van der Waals surface area contributed by atoms with Gasteiger partial charge < -0.3 is 4.74 Å². The average Bonchev–Trinajstić information content (AvgIpc) is 3.01. The van der Waals surface area contributed by atoms with Crippen LogP contribution in [0.2, 0.25) is 0 Å². The monoisotopic (exact) mass is 365 g/mol. The Kier molecular flexibility index (Phi) is 6.12. The van der Waals surface area contributed by atoms with Gasteiger partial charge in [0.05, 0.1) is 0 Å². The number of hydrogen-bond acceptors (Lipinski definition) is 4. The van der Waals surface area contributed by atoms with Gasteiger partial charge in [0, 0.05) is 12.3 Å². The molecule has 5 heteroatoms. The van der Waals surface area contributed by atoms with Crippen molar-refractivity contribution in [2.75, 3.05) is 0 Å². The highest BCUT2D eigenvalue weighted by atomic mass is 32.2. The molecule has 0 aliphatic rings. The lowest BCUT2D eigenvalue weighted by atomic mass is 10.2. The van der Waals surface area contributed by atoms with E-state index in [0.29, 0.717) is 13.2 Å². The molecule has 0 bridgehead atoms. The van der Waals surface area contributed by atoms with Crippen molar-refractivity contribution in [2.45, 2.75) is 37.9 Å². The van der Waals surface area contributed by atoms with E-state index in [4.69, 9.17) is 4.74 Å². The van der Waals surface area contributed by atoms with Crippen molar-refractivity contribution in [2.24, 2.45) is 0 Å². The predicted octanol–water partition coefficient (Wildman–Crippen LogP) is 4.95. The maximum absolute atomic E-state index is 5.88. The summed E-state index contributed by atoms with van der Waals surface area (Å²) in [6.07, 6.45) is 1.86. The maximum Gasteiger partial charge on any atom is 0.191 e. The van der Waals surface area contributed by atoms with Crippen LogP contribution in [0.4, 0.5) is 0 Å². The highest BCUT2D eigenvalue weighted by molar-refractivity contribution is 7.98. The van der Waals surface area contributed by atoms with E-state index in [-0.39, 0.29) is 0 Å². The third-order valence-corrected chi connectivity index (χ3v) is 4.95. The second-order valence-corrected chi connectivity index (χ2v) is 7.12. The zero-order valence-corrected chi connectivity index (χ0v) is 16.0. The van der Waals surface area contributed by atoms with E-state index in [2.05, 4.69) is 52.5 Å². The van der Waals surface area contributed by atoms with Gasteiger partial charge in [-0.25, -0.2) is 0 Å². The Labute approximate surface area is 158 Å². The van der Waals surface area contributed by atoms with E-state index < -0.39 is 0 Å². The number of nitrogens with zero attached hydrogens (tertiary/aromatic N) is 3. The lowest BCUT2D eigenvalue weighted by Gasteiger charge is -2.09. The molecule has 0 radical (unpaired) electrons. The lowest BCUT2D eigenvalue weighted by Crippen LogP contribution is -2.07. The molecular formula is C21H23N3OS. The summed E-state index contributed by atoms with van der Waals surface area (Å²) in [5.41, 5.74) is 3.72. The van der Waals surface area contributed by atoms with Gasteiger partial charge in [-0.05, 0) is 37.1 Å². The number of aryl methyl sites for hydroxylation is 2. The maximum atomic E-state index is 5.88. The van der Waals surface area contributed by atoms with Gasteiger partial charge >= 0.3 is 0 Å². The Morgan fingerprint density at radius 3 is 2.58 bits per heavy atom. The summed E-state index contributed by atoms with van der Waals surface area (Å²) in [5.74, 6) is 2.50. The summed E-state index contributed by atoms with van der Waals surface area (Å²) in [5, 5.41) is 9.56. The molecule has 0 aliphatic heterocycles. The van der Waals surface area contributed by atoms with Crippen LogP contribution in [0.25, 0.3) is 0 Å². The standard InChI is InChI=1S/C21H23N3OS/c1-4-11-24-20(14-25-19-10-6-8-17(3)13-19)22-23-21(24)26-15-18-9-5-7-16(2)12-18/h4-10,12-13H,1,11,14-15H2,2-3H3. The second kappa shape index (κ2) is 8.72. The van der Waals surface area contributed by atoms with E-state index in [1.54, 1.807) is 11.8 Å². The van der Waals surface area contributed by atoms with Crippen molar-refractivity contribution >= 4 is 11.8 Å². The van der Waals surface area contributed by atoms with Gasteiger partial charge in [0.2, 0.25) is 0 Å². The molecule has 4 nitrogen and oxygen atoms in total. The molecule has 0 spiro atoms. The number of ether oxygens (including phenoxy) is 1. The van der Waals surface area contributed by atoms with Gasteiger partial charge in [-0.2, -0.15) is 0 Å². The number of allylic oxidation sites excluding steroid dienone is 1. The molecule has 0 saturated carbocycles. The van der Waals surface area contributed by atoms with Crippen LogP contribution in [0.3, 0.4) is 0 Å². The molecule has 0 saturated heterocycles. The van der Waals surface area contributed by atoms with E-state index in [1.165, 1.54) is 16.7 Å². The number of benzene rings is 2. The molecule has 0 amide bonds. The lowest BCUT2D eigenvalue weighted by molar-refractivity contribution is 0.289. The summed E-state index contributed by atoms with van der Waals surface area (Å²) in [7, 11) is 0. The Morgan fingerprint density at radius 2 is 1.85 bits per heavy atom. The highest BCUT2D eigenvalue weighted by Gasteiger charge is 2.12. The molecule has 134 valence electrons. The van der Waals surface area contributed by atoms with Crippen LogP contribution < -0.4 is 4.74 Å². The number of rotatable bonds is 8. The van der Waals surface area contributed by atoms with Crippen molar-refractivity contribution in [3.05, 3.63) is 83.7 Å².